The third-order valence-corrected chi connectivity index (χ3v) is 3.96. The van der Waals surface area contributed by atoms with Gasteiger partial charge in [-0.1, -0.05) is 16.8 Å². The van der Waals surface area contributed by atoms with Gasteiger partial charge >= 0.3 is 0 Å². The summed E-state index contributed by atoms with van der Waals surface area (Å²) in [6, 6.07) is 1.86. The molecule has 0 bridgehead atoms. The van der Waals surface area contributed by atoms with Crippen LogP contribution in [0.2, 0.25) is 5.02 Å². The van der Waals surface area contributed by atoms with E-state index in [1.165, 1.54) is 0 Å². The van der Waals surface area contributed by atoms with Crippen LogP contribution in [0.25, 0.3) is 0 Å². The van der Waals surface area contributed by atoms with Gasteiger partial charge in [0, 0.05) is 19.3 Å². The molecule has 19 heavy (non-hydrogen) atoms. The molecule has 2 aromatic rings. The van der Waals surface area contributed by atoms with E-state index in [1.54, 1.807) is 6.20 Å². The van der Waals surface area contributed by atoms with E-state index in [0.717, 1.165) is 29.8 Å². The van der Waals surface area contributed by atoms with Crippen LogP contribution in [-0.2, 0) is 0 Å². The summed E-state index contributed by atoms with van der Waals surface area (Å²) in [5.74, 6) is 2.57. The summed E-state index contributed by atoms with van der Waals surface area (Å²) in [7, 11) is 0. The lowest BCUT2D eigenvalue weighted by atomic mass is 10.1. The van der Waals surface area contributed by atoms with Gasteiger partial charge in [-0.25, -0.2) is 4.98 Å². The predicted molar refractivity (Wildman–Crippen MR) is 75.6 cm³/mol. The van der Waals surface area contributed by atoms with Gasteiger partial charge in [0.2, 0.25) is 5.89 Å². The SMILES string of the molecule is Cc1noc(C2CCN(c3ncc(Cl)cc3Br)C2)n1. The second kappa shape index (κ2) is 5.09. The number of hydrogen-bond acceptors (Lipinski definition) is 5. The number of pyridine rings is 1. The van der Waals surface area contributed by atoms with Crippen LogP contribution in [0.5, 0.6) is 0 Å². The van der Waals surface area contributed by atoms with Gasteiger partial charge in [-0.2, -0.15) is 4.98 Å². The van der Waals surface area contributed by atoms with E-state index in [-0.39, 0.29) is 5.92 Å². The Balaban J connectivity index is 1.78. The first kappa shape index (κ1) is 12.9. The highest BCUT2D eigenvalue weighted by Gasteiger charge is 2.29. The lowest BCUT2D eigenvalue weighted by molar-refractivity contribution is 0.356. The molecule has 1 atom stereocenters. The Bertz CT molecular complexity index is 603. The van der Waals surface area contributed by atoms with E-state index in [9.17, 15) is 0 Å². The molecule has 0 amide bonds. The van der Waals surface area contributed by atoms with Crippen molar-refractivity contribution in [3.63, 3.8) is 0 Å². The second-order valence-electron chi connectivity index (χ2n) is 4.57. The highest BCUT2D eigenvalue weighted by molar-refractivity contribution is 9.10. The number of rotatable bonds is 2. The quantitative estimate of drug-likeness (QED) is 0.838. The van der Waals surface area contributed by atoms with Crippen LogP contribution in [0.4, 0.5) is 5.82 Å². The zero-order chi connectivity index (χ0) is 13.4. The Morgan fingerprint density at radius 1 is 1.53 bits per heavy atom. The van der Waals surface area contributed by atoms with Crippen LogP contribution in [0.3, 0.4) is 0 Å². The van der Waals surface area contributed by atoms with Crippen molar-refractivity contribution in [2.45, 2.75) is 19.3 Å². The predicted octanol–water partition coefficient (Wildman–Crippen LogP) is 3.18. The molecule has 1 saturated heterocycles. The molecule has 2 aromatic heterocycles. The van der Waals surface area contributed by atoms with E-state index in [1.807, 2.05) is 13.0 Å². The number of hydrogen-bond donors (Lipinski definition) is 0. The van der Waals surface area contributed by atoms with Crippen LogP contribution < -0.4 is 4.90 Å². The van der Waals surface area contributed by atoms with Crippen LogP contribution in [0, 0.1) is 6.92 Å². The van der Waals surface area contributed by atoms with Gasteiger partial charge in [0.1, 0.15) is 5.82 Å². The minimum absolute atomic E-state index is 0.269. The van der Waals surface area contributed by atoms with Crippen molar-refractivity contribution >= 4 is 33.3 Å². The van der Waals surface area contributed by atoms with Crippen molar-refractivity contribution in [1.29, 1.82) is 0 Å². The Morgan fingerprint density at radius 3 is 3.05 bits per heavy atom. The standard InChI is InChI=1S/C12H12BrClN4O/c1-7-16-12(19-17-7)8-2-3-18(6-8)11-10(13)4-9(14)5-15-11/h4-5,8H,2-3,6H2,1H3. The highest BCUT2D eigenvalue weighted by Crippen LogP contribution is 2.33. The third kappa shape index (κ3) is 2.60. The molecule has 1 aliphatic rings. The van der Waals surface area contributed by atoms with Gasteiger partial charge in [-0.3, -0.25) is 0 Å². The molecule has 0 aliphatic carbocycles. The van der Waals surface area contributed by atoms with Crippen molar-refractivity contribution < 1.29 is 4.52 Å². The lowest BCUT2D eigenvalue weighted by Gasteiger charge is -2.18. The van der Waals surface area contributed by atoms with E-state index >= 15 is 0 Å². The summed E-state index contributed by atoms with van der Waals surface area (Å²) >= 11 is 9.40. The Kier molecular flexibility index (Phi) is 3.45. The third-order valence-electron chi connectivity index (χ3n) is 3.17. The molecular weight excluding hydrogens is 332 g/mol. The molecule has 3 rings (SSSR count). The largest absolute Gasteiger partial charge is 0.355 e. The second-order valence-corrected chi connectivity index (χ2v) is 5.86. The number of nitrogens with zero attached hydrogens (tertiary/aromatic N) is 4. The fourth-order valence-electron chi connectivity index (χ4n) is 2.27. The van der Waals surface area contributed by atoms with Crippen molar-refractivity contribution in [3.8, 4) is 0 Å². The van der Waals surface area contributed by atoms with Crippen molar-refractivity contribution in [2.75, 3.05) is 18.0 Å². The molecule has 1 unspecified atom stereocenters. The summed E-state index contributed by atoms with van der Waals surface area (Å²) in [4.78, 5) is 10.9. The molecule has 0 spiro atoms. The minimum atomic E-state index is 0.269. The van der Waals surface area contributed by atoms with Gasteiger partial charge in [0.15, 0.2) is 5.82 Å². The van der Waals surface area contributed by atoms with Gasteiger partial charge in [0.05, 0.1) is 15.4 Å². The molecule has 3 heterocycles. The normalized spacial score (nSPS) is 19.1. The topological polar surface area (TPSA) is 55.1 Å². The van der Waals surface area contributed by atoms with Gasteiger partial charge < -0.3 is 9.42 Å². The average Bonchev–Trinajstić information content (AvgIpc) is 2.97. The van der Waals surface area contributed by atoms with Gasteiger partial charge in [-0.05, 0) is 35.3 Å². The maximum absolute atomic E-state index is 5.91. The number of halogens is 2. The molecule has 0 radical (unpaired) electrons. The number of anilines is 1. The Labute approximate surface area is 124 Å². The molecule has 7 heteroatoms. The van der Waals surface area contributed by atoms with Crippen molar-refractivity contribution in [1.82, 2.24) is 15.1 Å². The van der Waals surface area contributed by atoms with E-state index in [2.05, 4.69) is 36.0 Å². The van der Waals surface area contributed by atoms with Crippen LogP contribution >= 0.6 is 27.5 Å². The maximum atomic E-state index is 5.91. The van der Waals surface area contributed by atoms with Crippen LogP contribution in [0.1, 0.15) is 24.1 Å². The zero-order valence-electron chi connectivity index (χ0n) is 10.3. The Hall–Kier alpha value is -1.14. The number of aryl methyl sites for hydroxylation is 1. The number of aromatic nitrogens is 3. The summed E-state index contributed by atoms with van der Waals surface area (Å²) in [6.07, 6.45) is 2.64. The molecule has 100 valence electrons. The summed E-state index contributed by atoms with van der Waals surface area (Å²) in [5, 5.41) is 4.47. The maximum Gasteiger partial charge on any atom is 0.231 e. The zero-order valence-corrected chi connectivity index (χ0v) is 12.6. The Morgan fingerprint density at radius 2 is 2.37 bits per heavy atom. The van der Waals surface area contributed by atoms with Crippen LogP contribution in [-0.4, -0.2) is 28.2 Å². The fourth-order valence-corrected chi connectivity index (χ4v) is 3.16. The molecule has 1 fully saturated rings. The van der Waals surface area contributed by atoms with E-state index in [4.69, 9.17) is 16.1 Å². The minimum Gasteiger partial charge on any atom is -0.355 e. The smallest absolute Gasteiger partial charge is 0.231 e. The van der Waals surface area contributed by atoms with Crippen molar-refractivity contribution in [3.05, 3.63) is 33.5 Å². The molecule has 0 aromatic carbocycles. The fraction of sp³-hybridized carbons (Fsp3) is 0.417. The van der Waals surface area contributed by atoms with Gasteiger partial charge in [-0.15, -0.1) is 0 Å². The summed E-state index contributed by atoms with van der Waals surface area (Å²) in [6.45, 7) is 3.57. The monoisotopic (exact) mass is 342 g/mol. The molecule has 5 nitrogen and oxygen atoms in total. The molecule has 1 aliphatic heterocycles. The summed E-state index contributed by atoms with van der Waals surface area (Å²) < 4.78 is 6.15. The van der Waals surface area contributed by atoms with Crippen molar-refractivity contribution in [2.24, 2.45) is 0 Å². The van der Waals surface area contributed by atoms with E-state index in [0.29, 0.717) is 16.7 Å². The average molecular weight is 344 g/mol. The molecule has 0 N–H and O–H groups in total. The lowest BCUT2D eigenvalue weighted by Crippen LogP contribution is -2.20. The highest BCUT2D eigenvalue weighted by atomic mass is 79.9. The first-order valence-electron chi connectivity index (χ1n) is 5.99. The molecule has 0 saturated carbocycles. The molecular formula is C12H12BrClN4O. The first-order chi connectivity index (χ1) is 9.13. The van der Waals surface area contributed by atoms with E-state index < -0.39 is 0 Å². The van der Waals surface area contributed by atoms with Gasteiger partial charge in [0.25, 0.3) is 0 Å². The first-order valence-corrected chi connectivity index (χ1v) is 7.17. The van der Waals surface area contributed by atoms with Crippen LogP contribution in [0.15, 0.2) is 21.3 Å². The summed E-state index contributed by atoms with van der Waals surface area (Å²) in [5.41, 5.74) is 0.